The van der Waals surface area contributed by atoms with Crippen LogP contribution in [0.25, 0.3) is 21.5 Å². The number of fused-ring (bicyclic) bond motifs is 1. The molecular formula is C19H18N4S. The van der Waals surface area contributed by atoms with Gasteiger partial charge in [0, 0.05) is 35.7 Å². The minimum atomic E-state index is 0.903. The Labute approximate surface area is 144 Å². The van der Waals surface area contributed by atoms with E-state index in [1.54, 1.807) is 6.20 Å². The molecule has 0 saturated heterocycles. The molecule has 0 spiro atoms. The summed E-state index contributed by atoms with van der Waals surface area (Å²) < 4.78 is 0. The summed E-state index contributed by atoms with van der Waals surface area (Å²) >= 11 is 1.81. The summed E-state index contributed by atoms with van der Waals surface area (Å²) in [6, 6.07) is 16.8. The first-order valence-electron chi connectivity index (χ1n) is 7.89. The number of nitrogens with zero attached hydrogens (tertiary/aromatic N) is 3. The second kappa shape index (κ2) is 6.55. The summed E-state index contributed by atoms with van der Waals surface area (Å²) in [5, 5.41) is 8.27. The molecule has 4 rings (SSSR count). The van der Waals surface area contributed by atoms with Gasteiger partial charge in [-0.25, -0.2) is 0 Å². The van der Waals surface area contributed by atoms with Gasteiger partial charge < -0.3 is 0 Å². The fourth-order valence-corrected chi connectivity index (χ4v) is 3.98. The Morgan fingerprint density at radius 2 is 1.96 bits per heavy atom. The van der Waals surface area contributed by atoms with Gasteiger partial charge in [-0.3, -0.25) is 15.0 Å². The number of pyridine rings is 1. The van der Waals surface area contributed by atoms with Crippen LogP contribution in [-0.4, -0.2) is 27.1 Å². The summed E-state index contributed by atoms with van der Waals surface area (Å²) in [5.41, 5.74) is 3.45. The maximum atomic E-state index is 4.44. The van der Waals surface area contributed by atoms with Crippen LogP contribution in [0.5, 0.6) is 0 Å². The second-order valence-electron chi connectivity index (χ2n) is 5.90. The molecule has 0 aliphatic heterocycles. The van der Waals surface area contributed by atoms with Crippen LogP contribution < -0.4 is 0 Å². The molecule has 5 heteroatoms. The molecule has 1 aromatic carbocycles. The quantitative estimate of drug-likeness (QED) is 0.591. The number of rotatable bonds is 5. The lowest BCUT2D eigenvalue weighted by Crippen LogP contribution is -2.16. The van der Waals surface area contributed by atoms with E-state index in [-0.39, 0.29) is 0 Å². The first kappa shape index (κ1) is 15.1. The molecule has 0 unspecified atom stereocenters. The van der Waals surface area contributed by atoms with E-state index >= 15 is 0 Å². The van der Waals surface area contributed by atoms with Crippen molar-refractivity contribution in [2.45, 2.75) is 13.1 Å². The Morgan fingerprint density at radius 1 is 1.00 bits per heavy atom. The molecule has 3 heterocycles. The van der Waals surface area contributed by atoms with E-state index in [2.05, 4.69) is 63.5 Å². The molecule has 120 valence electrons. The summed E-state index contributed by atoms with van der Waals surface area (Å²) in [5.74, 6) is 0. The maximum absolute atomic E-state index is 4.44. The summed E-state index contributed by atoms with van der Waals surface area (Å²) in [6.45, 7) is 1.83. The highest BCUT2D eigenvalue weighted by Crippen LogP contribution is 2.27. The molecule has 1 N–H and O–H groups in total. The Balaban J connectivity index is 1.49. The van der Waals surface area contributed by atoms with E-state index in [9.17, 15) is 0 Å². The molecule has 0 amide bonds. The highest BCUT2D eigenvalue weighted by atomic mass is 32.1. The average Bonchev–Trinajstić information content (AvgIpc) is 3.26. The second-order valence-corrected chi connectivity index (χ2v) is 7.06. The smallest absolute Gasteiger partial charge is 0.0749 e. The van der Waals surface area contributed by atoms with Crippen LogP contribution in [0, 0.1) is 0 Å². The lowest BCUT2D eigenvalue weighted by molar-refractivity contribution is 0.323. The van der Waals surface area contributed by atoms with E-state index in [1.165, 1.54) is 20.7 Å². The van der Waals surface area contributed by atoms with Gasteiger partial charge in [-0.2, -0.15) is 5.10 Å². The average molecular weight is 334 g/mol. The van der Waals surface area contributed by atoms with Crippen molar-refractivity contribution in [3.05, 3.63) is 71.4 Å². The summed E-state index contributed by atoms with van der Waals surface area (Å²) in [4.78, 5) is 9.35. The number of aromatic nitrogens is 3. The van der Waals surface area contributed by atoms with E-state index < -0.39 is 0 Å². The number of hydrogen-bond donors (Lipinski definition) is 1. The van der Waals surface area contributed by atoms with Crippen LogP contribution in [0.15, 0.2) is 60.9 Å². The molecule has 4 nitrogen and oxygen atoms in total. The predicted molar refractivity (Wildman–Crippen MR) is 98.8 cm³/mol. The van der Waals surface area contributed by atoms with Crippen LogP contribution in [-0.2, 0) is 13.1 Å². The van der Waals surface area contributed by atoms with Gasteiger partial charge in [0.2, 0.25) is 0 Å². The Kier molecular flexibility index (Phi) is 4.11. The number of aromatic amines is 1. The number of H-pyrrole nitrogens is 1. The van der Waals surface area contributed by atoms with Gasteiger partial charge in [0.15, 0.2) is 0 Å². The zero-order chi connectivity index (χ0) is 16.4. The molecule has 0 atom stereocenters. The monoisotopic (exact) mass is 334 g/mol. The number of benzene rings is 1. The van der Waals surface area contributed by atoms with E-state index in [0.29, 0.717) is 0 Å². The normalized spacial score (nSPS) is 11.4. The molecule has 0 saturated carbocycles. The lowest BCUT2D eigenvalue weighted by Gasteiger charge is -2.17. The third kappa shape index (κ3) is 3.09. The van der Waals surface area contributed by atoms with E-state index in [0.717, 1.165) is 24.3 Å². The van der Waals surface area contributed by atoms with E-state index in [1.807, 2.05) is 29.7 Å². The zero-order valence-electron chi connectivity index (χ0n) is 13.4. The molecular weight excluding hydrogens is 316 g/mol. The standard InChI is InChI=1S/C19H18N4S/c1-23(12-14-4-2-6-17-16(14)5-3-10-20-17)13-15-7-8-19(24-15)18-9-11-21-22-18/h2-11H,12-13H2,1H3,(H,21,22). The third-order valence-electron chi connectivity index (χ3n) is 4.03. The SMILES string of the molecule is CN(Cc1ccc(-c2ccn[nH]2)s1)Cc1cccc2ncccc12. The molecule has 0 radical (unpaired) electrons. The Morgan fingerprint density at radius 3 is 2.83 bits per heavy atom. The van der Waals surface area contributed by atoms with E-state index in [4.69, 9.17) is 0 Å². The minimum Gasteiger partial charge on any atom is -0.297 e. The van der Waals surface area contributed by atoms with Crippen molar-refractivity contribution >= 4 is 22.2 Å². The largest absolute Gasteiger partial charge is 0.297 e. The first-order chi connectivity index (χ1) is 11.8. The van der Waals surface area contributed by atoms with Gasteiger partial charge in [0.1, 0.15) is 0 Å². The fraction of sp³-hybridized carbons (Fsp3) is 0.158. The minimum absolute atomic E-state index is 0.903. The van der Waals surface area contributed by atoms with Gasteiger partial charge in [-0.15, -0.1) is 11.3 Å². The summed E-state index contributed by atoms with van der Waals surface area (Å²) in [7, 11) is 2.16. The third-order valence-corrected chi connectivity index (χ3v) is 5.13. The van der Waals surface area contributed by atoms with Crippen molar-refractivity contribution in [1.29, 1.82) is 0 Å². The Hall–Kier alpha value is -2.50. The van der Waals surface area contributed by atoms with Gasteiger partial charge in [-0.1, -0.05) is 18.2 Å². The van der Waals surface area contributed by atoms with Crippen molar-refractivity contribution in [3.8, 4) is 10.6 Å². The number of thiophene rings is 1. The van der Waals surface area contributed by atoms with Gasteiger partial charge in [0.25, 0.3) is 0 Å². The van der Waals surface area contributed by atoms with Crippen molar-refractivity contribution in [3.63, 3.8) is 0 Å². The van der Waals surface area contributed by atoms with Crippen molar-refractivity contribution in [2.75, 3.05) is 7.05 Å². The highest BCUT2D eigenvalue weighted by Gasteiger charge is 2.09. The van der Waals surface area contributed by atoms with Crippen LogP contribution in [0.2, 0.25) is 0 Å². The van der Waals surface area contributed by atoms with Crippen molar-refractivity contribution < 1.29 is 0 Å². The zero-order valence-corrected chi connectivity index (χ0v) is 14.3. The lowest BCUT2D eigenvalue weighted by atomic mass is 10.1. The first-order valence-corrected chi connectivity index (χ1v) is 8.71. The molecule has 3 aromatic heterocycles. The fourth-order valence-electron chi connectivity index (χ4n) is 2.92. The molecule has 0 bridgehead atoms. The number of hydrogen-bond acceptors (Lipinski definition) is 4. The van der Waals surface area contributed by atoms with Crippen LogP contribution in [0.4, 0.5) is 0 Å². The maximum Gasteiger partial charge on any atom is 0.0749 e. The van der Waals surface area contributed by atoms with Crippen molar-refractivity contribution in [1.82, 2.24) is 20.1 Å². The van der Waals surface area contributed by atoms with Crippen LogP contribution in [0.1, 0.15) is 10.4 Å². The van der Waals surface area contributed by atoms with Crippen LogP contribution >= 0.6 is 11.3 Å². The van der Waals surface area contributed by atoms with Gasteiger partial charge in [0.05, 0.1) is 16.1 Å². The predicted octanol–water partition coefficient (Wildman–Crippen LogP) is 4.32. The van der Waals surface area contributed by atoms with Gasteiger partial charge in [-0.05, 0) is 42.9 Å². The van der Waals surface area contributed by atoms with Crippen LogP contribution in [0.3, 0.4) is 0 Å². The molecule has 0 aliphatic carbocycles. The Bertz CT molecular complexity index is 938. The van der Waals surface area contributed by atoms with Gasteiger partial charge >= 0.3 is 0 Å². The molecule has 0 aliphatic rings. The topological polar surface area (TPSA) is 44.8 Å². The number of nitrogens with one attached hydrogen (secondary N) is 1. The highest BCUT2D eigenvalue weighted by molar-refractivity contribution is 7.15. The molecule has 4 aromatic rings. The van der Waals surface area contributed by atoms with Crippen molar-refractivity contribution in [2.24, 2.45) is 0 Å². The molecule has 24 heavy (non-hydrogen) atoms. The summed E-state index contributed by atoms with van der Waals surface area (Å²) in [6.07, 6.45) is 3.63. The molecule has 0 fully saturated rings.